The quantitative estimate of drug-likeness (QED) is 0.912. The van der Waals surface area contributed by atoms with Crippen LogP contribution in [0.4, 0.5) is 0 Å². The van der Waals surface area contributed by atoms with Gasteiger partial charge in [0.15, 0.2) is 0 Å². The van der Waals surface area contributed by atoms with Gasteiger partial charge in [0.25, 0.3) is 5.91 Å². The van der Waals surface area contributed by atoms with Gasteiger partial charge in [-0.1, -0.05) is 13.8 Å². The summed E-state index contributed by atoms with van der Waals surface area (Å²) in [6, 6.07) is 4.01. The highest BCUT2D eigenvalue weighted by Gasteiger charge is 2.23. The summed E-state index contributed by atoms with van der Waals surface area (Å²) in [5.74, 6) is 0.633. The summed E-state index contributed by atoms with van der Waals surface area (Å²) >= 11 is 1.61. The fourth-order valence-corrected chi connectivity index (χ4v) is 3.23. The second kappa shape index (κ2) is 6.50. The standard InChI is InChI=1S/C14H22N2O2S/c1-11(2)12-3-4-13(19-12)14(18)16-7-5-15(6-8-16)9-10-17/h3-4,11,17H,5-10H2,1-2H3. The minimum Gasteiger partial charge on any atom is -0.395 e. The summed E-state index contributed by atoms with van der Waals surface area (Å²) < 4.78 is 0. The SMILES string of the molecule is CC(C)c1ccc(C(=O)N2CCN(CCO)CC2)s1. The van der Waals surface area contributed by atoms with Crippen LogP contribution in [0.1, 0.15) is 34.3 Å². The molecule has 0 aromatic carbocycles. The van der Waals surface area contributed by atoms with E-state index < -0.39 is 0 Å². The normalized spacial score (nSPS) is 17.2. The third-order valence-electron chi connectivity index (χ3n) is 3.48. The highest BCUT2D eigenvalue weighted by Crippen LogP contribution is 2.25. The molecule has 19 heavy (non-hydrogen) atoms. The van der Waals surface area contributed by atoms with Crippen molar-refractivity contribution < 1.29 is 9.90 Å². The van der Waals surface area contributed by atoms with E-state index >= 15 is 0 Å². The number of amides is 1. The molecule has 0 aliphatic carbocycles. The topological polar surface area (TPSA) is 43.8 Å². The number of carbonyl (C=O) groups excluding carboxylic acids is 1. The van der Waals surface area contributed by atoms with Gasteiger partial charge in [-0.15, -0.1) is 11.3 Å². The van der Waals surface area contributed by atoms with E-state index in [2.05, 4.69) is 24.8 Å². The Morgan fingerprint density at radius 3 is 2.53 bits per heavy atom. The van der Waals surface area contributed by atoms with Gasteiger partial charge in [-0.3, -0.25) is 9.69 Å². The average Bonchev–Trinajstić information content (AvgIpc) is 2.89. The van der Waals surface area contributed by atoms with Gasteiger partial charge in [0.2, 0.25) is 0 Å². The maximum absolute atomic E-state index is 12.4. The fraction of sp³-hybridized carbons (Fsp3) is 0.643. The molecule has 1 saturated heterocycles. The molecule has 0 atom stereocenters. The molecular formula is C14H22N2O2S. The maximum atomic E-state index is 12.4. The van der Waals surface area contributed by atoms with E-state index in [4.69, 9.17) is 5.11 Å². The van der Waals surface area contributed by atoms with Gasteiger partial charge in [0.1, 0.15) is 0 Å². The van der Waals surface area contributed by atoms with Gasteiger partial charge in [-0.2, -0.15) is 0 Å². The molecule has 0 unspecified atom stereocenters. The monoisotopic (exact) mass is 282 g/mol. The molecule has 0 spiro atoms. The van der Waals surface area contributed by atoms with Crippen LogP contribution < -0.4 is 0 Å². The third kappa shape index (κ3) is 3.55. The predicted octanol–water partition coefficient (Wildman–Crippen LogP) is 1.62. The first-order chi connectivity index (χ1) is 9.11. The number of aliphatic hydroxyl groups is 1. The van der Waals surface area contributed by atoms with Crippen LogP contribution in [0.25, 0.3) is 0 Å². The van der Waals surface area contributed by atoms with Gasteiger partial charge in [-0.05, 0) is 18.1 Å². The average molecular weight is 282 g/mol. The van der Waals surface area contributed by atoms with Crippen molar-refractivity contribution in [1.82, 2.24) is 9.80 Å². The lowest BCUT2D eigenvalue weighted by molar-refractivity contribution is 0.0619. The molecule has 1 aliphatic heterocycles. The molecule has 0 saturated carbocycles. The summed E-state index contributed by atoms with van der Waals surface area (Å²) in [5.41, 5.74) is 0. The third-order valence-corrected chi connectivity index (χ3v) is 4.86. The van der Waals surface area contributed by atoms with Crippen LogP contribution in [-0.2, 0) is 0 Å². The van der Waals surface area contributed by atoms with Crippen molar-refractivity contribution in [1.29, 1.82) is 0 Å². The number of hydrogen-bond donors (Lipinski definition) is 1. The minimum absolute atomic E-state index is 0.153. The Morgan fingerprint density at radius 1 is 1.32 bits per heavy atom. The molecule has 1 amide bonds. The Hall–Kier alpha value is -0.910. The lowest BCUT2D eigenvalue weighted by Gasteiger charge is -2.34. The molecule has 1 aromatic rings. The highest BCUT2D eigenvalue weighted by molar-refractivity contribution is 7.14. The van der Waals surface area contributed by atoms with Crippen molar-refractivity contribution >= 4 is 17.2 Å². The number of rotatable bonds is 4. The van der Waals surface area contributed by atoms with Gasteiger partial charge in [0.05, 0.1) is 11.5 Å². The van der Waals surface area contributed by atoms with Crippen LogP contribution in [0.15, 0.2) is 12.1 Å². The lowest BCUT2D eigenvalue weighted by atomic mass is 10.2. The van der Waals surface area contributed by atoms with Crippen LogP contribution in [0.2, 0.25) is 0 Å². The van der Waals surface area contributed by atoms with Crippen molar-refractivity contribution in [2.45, 2.75) is 19.8 Å². The molecular weight excluding hydrogens is 260 g/mol. The molecule has 2 rings (SSSR count). The molecule has 0 radical (unpaired) electrons. The Balaban J connectivity index is 1.93. The molecule has 106 valence electrons. The van der Waals surface area contributed by atoms with Crippen LogP contribution >= 0.6 is 11.3 Å². The van der Waals surface area contributed by atoms with Crippen molar-refractivity contribution in [3.8, 4) is 0 Å². The highest BCUT2D eigenvalue weighted by atomic mass is 32.1. The molecule has 5 heteroatoms. The van der Waals surface area contributed by atoms with Gasteiger partial charge >= 0.3 is 0 Å². The molecule has 1 aromatic heterocycles. The first-order valence-electron chi connectivity index (χ1n) is 6.84. The zero-order chi connectivity index (χ0) is 13.8. The van der Waals surface area contributed by atoms with E-state index in [1.807, 2.05) is 11.0 Å². The van der Waals surface area contributed by atoms with Gasteiger partial charge < -0.3 is 10.0 Å². The lowest BCUT2D eigenvalue weighted by Crippen LogP contribution is -2.49. The largest absolute Gasteiger partial charge is 0.395 e. The first kappa shape index (κ1) is 14.5. The number of thiophene rings is 1. The van der Waals surface area contributed by atoms with Crippen LogP contribution in [0.5, 0.6) is 0 Å². The Labute approximate surface area is 118 Å². The van der Waals surface area contributed by atoms with Crippen molar-refractivity contribution in [2.24, 2.45) is 0 Å². The number of aliphatic hydroxyl groups excluding tert-OH is 1. The van der Waals surface area contributed by atoms with Crippen LogP contribution in [0, 0.1) is 0 Å². The predicted molar refractivity (Wildman–Crippen MR) is 77.8 cm³/mol. The Kier molecular flexibility index (Phi) is 4.96. The first-order valence-corrected chi connectivity index (χ1v) is 7.65. The molecule has 1 N–H and O–H groups in total. The smallest absolute Gasteiger partial charge is 0.264 e. The summed E-state index contributed by atoms with van der Waals surface area (Å²) in [7, 11) is 0. The minimum atomic E-state index is 0.153. The van der Waals surface area contributed by atoms with E-state index in [9.17, 15) is 4.79 Å². The van der Waals surface area contributed by atoms with Crippen molar-refractivity contribution in [2.75, 3.05) is 39.3 Å². The van der Waals surface area contributed by atoms with Gasteiger partial charge in [0, 0.05) is 37.6 Å². The second-order valence-electron chi connectivity index (χ2n) is 5.21. The summed E-state index contributed by atoms with van der Waals surface area (Å²) in [6.45, 7) is 8.42. The molecule has 1 aliphatic rings. The number of β-amino-alcohol motifs (C(OH)–C–C–N with tert-alkyl or cyclic N) is 1. The zero-order valence-electron chi connectivity index (χ0n) is 11.6. The number of piperazine rings is 1. The van der Waals surface area contributed by atoms with E-state index in [0.717, 1.165) is 31.1 Å². The zero-order valence-corrected chi connectivity index (χ0v) is 12.4. The molecule has 4 nitrogen and oxygen atoms in total. The number of nitrogens with zero attached hydrogens (tertiary/aromatic N) is 2. The second-order valence-corrected chi connectivity index (χ2v) is 6.33. The van der Waals surface area contributed by atoms with Crippen molar-refractivity contribution in [3.63, 3.8) is 0 Å². The van der Waals surface area contributed by atoms with E-state index in [1.54, 1.807) is 11.3 Å². The van der Waals surface area contributed by atoms with E-state index in [-0.39, 0.29) is 12.5 Å². The van der Waals surface area contributed by atoms with Gasteiger partial charge in [-0.25, -0.2) is 0 Å². The van der Waals surface area contributed by atoms with Crippen molar-refractivity contribution in [3.05, 3.63) is 21.9 Å². The summed E-state index contributed by atoms with van der Waals surface area (Å²) in [6.07, 6.45) is 0. The molecule has 0 bridgehead atoms. The molecule has 2 heterocycles. The van der Waals surface area contributed by atoms with E-state index in [1.165, 1.54) is 4.88 Å². The summed E-state index contributed by atoms with van der Waals surface area (Å²) in [4.78, 5) is 18.6. The van der Waals surface area contributed by atoms with Crippen LogP contribution in [0.3, 0.4) is 0 Å². The Morgan fingerprint density at radius 2 is 2.00 bits per heavy atom. The maximum Gasteiger partial charge on any atom is 0.264 e. The summed E-state index contributed by atoms with van der Waals surface area (Å²) in [5, 5.41) is 8.91. The fourth-order valence-electron chi connectivity index (χ4n) is 2.25. The number of hydrogen-bond acceptors (Lipinski definition) is 4. The number of carbonyl (C=O) groups is 1. The van der Waals surface area contributed by atoms with Crippen LogP contribution in [-0.4, -0.2) is 60.1 Å². The molecule has 1 fully saturated rings. The Bertz CT molecular complexity index is 423. The van der Waals surface area contributed by atoms with E-state index in [0.29, 0.717) is 12.5 Å².